The molecule has 2 aromatic heterocycles. The molecule has 0 atom stereocenters. The molecule has 0 fully saturated rings. The lowest BCUT2D eigenvalue weighted by Crippen LogP contribution is -2.02. The Morgan fingerprint density at radius 2 is 2.20 bits per heavy atom. The maximum Gasteiger partial charge on any atom is 0.129 e. The van der Waals surface area contributed by atoms with Gasteiger partial charge in [0, 0.05) is 24.4 Å². The van der Waals surface area contributed by atoms with Gasteiger partial charge in [-0.15, -0.1) is 0 Å². The first-order chi connectivity index (χ1) is 7.27. The summed E-state index contributed by atoms with van der Waals surface area (Å²) < 4.78 is 0. The Morgan fingerprint density at radius 1 is 1.33 bits per heavy atom. The van der Waals surface area contributed by atoms with Crippen LogP contribution >= 0.6 is 0 Å². The number of hydrogen-bond donors (Lipinski definition) is 1. The largest absolute Gasteiger partial charge is 0.383 e. The van der Waals surface area contributed by atoms with Crippen LogP contribution in [0.5, 0.6) is 0 Å². The Kier molecular flexibility index (Phi) is 2.58. The van der Waals surface area contributed by atoms with Gasteiger partial charge in [-0.3, -0.25) is 4.98 Å². The van der Waals surface area contributed by atoms with E-state index in [0.29, 0.717) is 5.82 Å². The zero-order chi connectivity index (χ0) is 10.7. The number of nitrogens with zero attached hydrogens (tertiary/aromatic N) is 3. The molecule has 0 aliphatic rings. The lowest BCUT2D eigenvalue weighted by Gasteiger charge is -2.05. The van der Waals surface area contributed by atoms with Crippen molar-refractivity contribution in [2.24, 2.45) is 0 Å². The maximum atomic E-state index is 5.71. The molecule has 2 rings (SSSR count). The summed E-state index contributed by atoms with van der Waals surface area (Å²) in [4.78, 5) is 12.2. The highest BCUT2D eigenvalue weighted by molar-refractivity contribution is 5.41. The molecule has 15 heavy (non-hydrogen) atoms. The standard InChI is InChI=1S/C11H12N4/c1-8-10(14-7-15-11(8)12)5-9-3-2-4-13-6-9/h2-4,6-7H,5H2,1H3,(H2,12,14,15). The van der Waals surface area contributed by atoms with E-state index in [1.54, 1.807) is 6.20 Å². The molecule has 2 N–H and O–H groups in total. The van der Waals surface area contributed by atoms with Crippen molar-refractivity contribution in [1.82, 2.24) is 15.0 Å². The second-order valence-electron chi connectivity index (χ2n) is 3.37. The maximum absolute atomic E-state index is 5.71. The molecule has 4 nitrogen and oxygen atoms in total. The van der Waals surface area contributed by atoms with E-state index in [4.69, 9.17) is 5.73 Å². The first-order valence-corrected chi connectivity index (χ1v) is 4.72. The van der Waals surface area contributed by atoms with E-state index in [0.717, 1.165) is 23.2 Å². The fourth-order valence-electron chi connectivity index (χ4n) is 1.38. The molecule has 2 aromatic rings. The molecule has 0 amide bonds. The van der Waals surface area contributed by atoms with Gasteiger partial charge >= 0.3 is 0 Å². The average Bonchev–Trinajstić information content (AvgIpc) is 2.26. The molecular weight excluding hydrogens is 188 g/mol. The van der Waals surface area contributed by atoms with Crippen LogP contribution < -0.4 is 5.73 Å². The Morgan fingerprint density at radius 3 is 2.93 bits per heavy atom. The van der Waals surface area contributed by atoms with Crippen molar-refractivity contribution in [2.75, 3.05) is 5.73 Å². The van der Waals surface area contributed by atoms with Gasteiger partial charge in [-0.2, -0.15) is 0 Å². The smallest absolute Gasteiger partial charge is 0.129 e. The summed E-state index contributed by atoms with van der Waals surface area (Å²) in [5.74, 6) is 0.545. The molecule has 2 heterocycles. The Hall–Kier alpha value is -1.97. The highest BCUT2D eigenvalue weighted by Crippen LogP contribution is 2.13. The SMILES string of the molecule is Cc1c(N)ncnc1Cc1cccnc1. The van der Waals surface area contributed by atoms with Gasteiger partial charge in [0.15, 0.2) is 0 Å². The quantitative estimate of drug-likeness (QED) is 0.794. The van der Waals surface area contributed by atoms with E-state index in [-0.39, 0.29) is 0 Å². The van der Waals surface area contributed by atoms with Crippen LogP contribution in [-0.4, -0.2) is 15.0 Å². The fraction of sp³-hybridized carbons (Fsp3) is 0.182. The summed E-state index contributed by atoms with van der Waals surface area (Å²) in [6.45, 7) is 1.93. The lowest BCUT2D eigenvalue weighted by atomic mass is 10.1. The monoisotopic (exact) mass is 200 g/mol. The van der Waals surface area contributed by atoms with Crippen molar-refractivity contribution < 1.29 is 0 Å². The lowest BCUT2D eigenvalue weighted by molar-refractivity contribution is 0.994. The number of rotatable bonds is 2. The minimum atomic E-state index is 0.545. The van der Waals surface area contributed by atoms with Crippen molar-refractivity contribution in [3.05, 3.63) is 47.7 Å². The van der Waals surface area contributed by atoms with E-state index in [2.05, 4.69) is 15.0 Å². The number of anilines is 1. The highest BCUT2D eigenvalue weighted by atomic mass is 14.9. The zero-order valence-electron chi connectivity index (χ0n) is 8.51. The zero-order valence-corrected chi connectivity index (χ0v) is 8.51. The first-order valence-electron chi connectivity index (χ1n) is 4.72. The van der Waals surface area contributed by atoms with Crippen LogP contribution in [0, 0.1) is 6.92 Å². The normalized spacial score (nSPS) is 10.2. The van der Waals surface area contributed by atoms with Crippen LogP contribution in [0.25, 0.3) is 0 Å². The van der Waals surface area contributed by atoms with Crippen molar-refractivity contribution in [2.45, 2.75) is 13.3 Å². The molecule has 0 aliphatic carbocycles. The summed E-state index contributed by atoms with van der Waals surface area (Å²) in [6.07, 6.45) is 5.82. The molecule has 0 aromatic carbocycles. The van der Waals surface area contributed by atoms with Crippen LogP contribution in [0.4, 0.5) is 5.82 Å². The van der Waals surface area contributed by atoms with Crippen molar-refractivity contribution in [1.29, 1.82) is 0 Å². The van der Waals surface area contributed by atoms with Crippen LogP contribution in [0.1, 0.15) is 16.8 Å². The average molecular weight is 200 g/mol. The van der Waals surface area contributed by atoms with Gasteiger partial charge in [0.1, 0.15) is 12.1 Å². The molecule has 0 unspecified atom stereocenters. The van der Waals surface area contributed by atoms with Crippen LogP contribution in [0.2, 0.25) is 0 Å². The van der Waals surface area contributed by atoms with Crippen LogP contribution in [-0.2, 0) is 6.42 Å². The van der Waals surface area contributed by atoms with Gasteiger partial charge in [0.25, 0.3) is 0 Å². The topological polar surface area (TPSA) is 64.7 Å². The molecule has 76 valence electrons. The molecule has 0 aliphatic heterocycles. The minimum Gasteiger partial charge on any atom is -0.383 e. The summed E-state index contributed by atoms with van der Waals surface area (Å²) in [6, 6.07) is 3.93. The Bertz CT molecular complexity index is 453. The van der Waals surface area contributed by atoms with Gasteiger partial charge in [0.05, 0.1) is 5.69 Å². The Labute approximate surface area is 88.2 Å². The second-order valence-corrected chi connectivity index (χ2v) is 3.37. The molecule has 0 saturated heterocycles. The van der Waals surface area contributed by atoms with Gasteiger partial charge in [-0.25, -0.2) is 9.97 Å². The molecule has 0 radical (unpaired) electrons. The van der Waals surface area contributed by atoms with Gasteiger partial charge in [-0.05, 0) is 18.6 Å². The summed E-state index contributed by atoms with van der Waals surface area (Å²) in [5, 5.41) is 0. The second kappa shape index (κ2) is 4.04. The number of nitrogen functional groups attached to an aromatic ring is 1. The van der Waals surface area contributed by atoms with E-state index in [9.17, 15) is 0 Å². The predicted octanol–water partition coefficient (Wildman–Crippen LogP) is 1.35. The summed E-state index contributed by atoms with van der Waals surface area (Å²) in [7, 11) is 0. The van der Waals surface area contributed by atoms with Crippen molar-refractivity contribution in [3.63, 3.8) is 0 Å². The molecule has 4 heteroatoms. The van der Waals surface area contributed by atoms with Crippen molar-refractivity contribution in [3.8, 4) is 0 Å². The third-order valence-corrected chi connectivity index (χ3v) is 2.32. The number of pyridine rings is 1. The van der Waals surface area contributed by atoms with Gasteiger partial charge < -0.3 is 5.73 Å². The summed E-state index contributed by atoms with van der Waals surface area (Å²) >= 11 is 0. The van der Waals surface area contributed by atoms with E-state index < -0.39 is 0 Å². The molecule has 0 spiro atoms. The van der Waals surface area contributed by atoms with Crippen LogP contribution in [0.3, 0.4) is 0 Å². The number of nitrogens with two attached hydrogens (primary N) is 1. The minimum absolute atomic E-state index is 0.545. The molecular formula is C11H12N4. The first kappa shape index (κ1) is 9.58. The third kappa shape index (κ3) is 2.10. The molecule has 0 saturated carbocycles. The van der Waals surface area contributed by atoms with E-state index >= 15 is 0 Å². The highest BCUT2D eigenvalue weighted by Gasteiger charge is 2.04. The van der Waals surface area contributed by atoms with Crippen molar-refractivity contribution >= 4 is 5.82 Å². The molecule has 0 bridgehead atoms. The number of hydrogen-bond acceptors (Lipinski definition) is 4. The summed E-state index contributed by atoms with van der Waals surface area (Å²) in [5.41, 5.74) is 8.73. The fourth-order valence-corrected chi connectivity index (χ4v) is 1.38. The Balaban J connectivity index is 2.29. The van der Waals surface area contributed by atoms with Gasteiger partial charge in [-0.1, -0.05) is 6.07 Å². The van der Waals surface area contributed by atoms with E-state index in [1.807, 2.05) is 25.3 Å². The third-order valence-electron chi connectivity index (χ3n) is 2.32. The van der Waals surface area contributed by atoms with Gasteiger partial charge in [0.2, 0.25) is 0 Å². The van der Waals surface area contributed by atoms with Crippen LogP contribution in [0.15, 0.2) is 30.9 Å². The predicted molar refractivity (Wildman–Crippen MR) is 58.2 cm³/mol. The van der Waals surface area contributed by atoms with E-state index in [1.165, 1.54) is 6.33 Å². The number of aromatic nitrogens is 3.